The van der Waals surface area contributed by atoms with Crippen molar-refractivity contribution in [2.24, 2.45) is 0 Å². The molecule has 0 aliphatic carbocycles. The SMILES string of the molecule is COC(=O)COc1cccc2[nH]c3cccc(C#N)c3c12. The van der Waals surface area contributed by atoms with Gasteiger partial charge in [-0.1, -0.05) is 12.1 Å². The molecule has 0 radical (unpaired) electrons. The van der Waals surface area contributed by atoms with Gasteiger partial charge in [-0.25, -0.2) is 4.79 Å². The average Bonchev–Trinajstić information content (AvgIpc) is 2.91. The van der Waals surface area contributed by atoms with Crippen molar-refractivity contribution in [1.29, 1.82) is 5.26 Å². The zero-order valence-corrected chi connectivity index (χ0v) is 11.3. The minimum Gasteiger partial charge on any atom is -0.481 e. The molecule has 0 amide bonds. The maximum absolute atomic E-state index is 11.2. The van der Waals surface area contributed by atoms with Gasteiger partial charge in [-0.15, -0.1) is 0 Å². The number of esters is 1. The summed E-state index contributed by atoms with van der Waals surface area (Å²) >= 11 is 0. The molecule has 5 nitrogen and oxygen atoms in total. The minimum absolute atomic E-state index is 0.170. The molecule has 1 aromatic heterocycles. The first-order chi connectivity index (χ1) is 10.2. The summed E-state index contributed by atoms with van der Waals surface area (Å²) in [6.45, 7) is -0.170. The van der Waals surface area contributed by atoms with Crippen molar-refractivity contribution >= 4 is 27.8 Å². The fourth-order valence-electron chi connectivity index (χ4n) is 2.37. The number of benzene rings is 2. The molecule has 0 bridgehead atoms. The zero-order chi connectivity index (χ0) is 14.8. The van der Waals surface area contributed by atoms with Crippen LogP contribution in [0.15, 0.2) is 36.4 Å². The molecular formula is C16H12N2O3. The fraction of sp³-hybridized carbons (Fsp3) is 0.125. The van der Waals surface area contributed by atoms with E-state index in [2.05, 4.69) is 15.8 Å². The van der Waals surface area contributed by atoms with Crippen LogP contribution in [0.2, 0.25) is 0 Å². The van der Waals surface area contributed by atoms with Crippen molar-refractivity contribution in [1.82, 2.24) is 4.98 Å². The number of aromatic amines is 1. The quantitative estimate of drug-likeness (QED) is 0.748. The summed E-state index contributed by atoms with van der Waals surface area (Å²) in [5, 5.41) is 10.9. The van der Waals surface area contributed by atoms with Gasteiger partial charge in [0.25, 0.3) is 0 Å². The lowest BCUT2D eigenvalue weighted by Gasteiger charge is -2.06. The third-order valence-corrected chi connectivity index (χ3v) is 3.30. The highest BCUT2D eigenvalue weighted by molar-refractivity contribution is 6.12. The Hall–Kier alpha value is -3.00. The Labute approximate surface area is 120 Å². The lowest BCUT2D eigenvalue weighted by molar-refractivity contribution is -0.142. The number of H-pyrrole nitrogens is 1. The maximum Gasteiger partial charge on any atom is 0.343 e. The number of nitrogens with zero attached hydrogens (tertiary/aromatic N) is 1. The number of hydrogen-bond acceptors (Lipinski definition) is 4. The topological polar surface area (TPSA) is 75.1 Å². The van der Waals surface area contributed by atoms with Crippen molar-refractivity contribution in [3.63, 3.8) is 0 Å². The molecule has 0 atom stereocenters. The number of ether oxygens (including phenoxy) is 2. The second-order valence-corrected chi connectivity index (χ2v) is 4.51. The molecule has 5 heteroatoms. The van der Waals surface area contributed by atoms with Gasteiger partial charge in [-0.3, -0.25) is 0 Å². The summed E-state index contributed by atoms with van der Waals surface area (Å²) in [6, 6.07) is 13.2. The second-order valence-electron chi connectivity index (χ2n) is 4.51. The molecule has 0 aliphatic rings. The van der Waals surface area contributed by atoms with E-state index in [1.54, 1.807) is 12.1 Å². The average molecular weight is 280 g/mol. The molecule has 1 N–H and O–H groups in total. The van der Waals surface area contributed by atoms with Crippen molar-refractivity contribution in [3.8, 4) is 11.8 Å². The molecule has 2 aromatic carbocycles. The maximum atomic E-state index is 11.2. The Bertz CT molecular complexity index is 874. The highest BCUT2D eigenvalue weighted by Gasteiger charge is 2.13. The number of fused-ring (bicyclic) bond motifs is 3. The lowest BCUT2D eigenvalue weighted by Crippen LogP contribution is -2.12. The van der Waals surface area contributed by atoms with E-state index in [4.69, 9.17) is 4.74 Å². The molecule has 0 spiro atoms. The summed E-state index contributed by atoms with van der Waals surface area (Å²) in [5.74, 6) is 0.0965. The van der Waals surface area contributed by atoms with Crippen molar-refractivity contribution in [2.75, 3.05) is 13.7 Å². The number of methoxy groups -OCH3 is 1. The molecule has 3 rings (SSSR count). The Kier molecular flexibility index (Phi) is 3.20. The van der Waals surface area contributed by atoms with Gasteiger partial charge in [-0.05, 0) is 24.3 Å². The smallest absolute Gasteiger partial charge is 0.343 e. The van der Waals surface area contributed by atoms with E-state index in [0.717, 1.165) is 21.8 Å². The Morgan fingerprint density at radius 3 is 2.62 bits per heavy atom. The van der Waals surface area contributed by atoms with Crippen LogP contribution in [0.1, 0.15) is 5.56 Å². The summed E-state index contributed by atoms with van der Waals surface area (Å²) in [4.78, 5) is 14.5. The van der Waals surface area contributed by atoms with Gasteiger partial charge in [-0.2, -0.15) is 5.26 Å². The highest BCUT2D eigenvalue weighted by atomic mass is 16.6. The first kappa shape index (κ1) is 13.0. The first-order valence-corrected chi connectivity index (χ1v) is 6.37. The molecule has 0 unspecified atom stereocenters. The van der Waals surface area contributed by atoms with Gasteiger partial charge in [0.15, 0.2) is 6.61 Å². The lowest BCUT2D eigenvalue weighted by atomic mass is 10.1. The predicted octanol–water partition coefficient (Wildman–Crippen LogP) is 2.74. The number of nitriles is 1. The zero-order valence-electron chi connectivity index (χ0n) is 11.3. The van der Waals surface area contributed by atoms with E-state index in [0.29, 0.717) is 11.3 Å². The van der Waals surface area contributed by atoms with Crippen molar-refractivity contribution in [2.45, 2.75) is 0 Å². The predicted molar refractivity (Wildman–Crippen MR) is 78.0 cm³/mol. The van der Waals surface area contributed by atoms with Crippen molar-refractivity contribution in [3.05, 3.63) is 42.0 Å². The number of nitrogens with one attached hydrogen (secondary N) is 1. The van der Waals surface area contributed by atoms with Crippen molar-refractivity contribution < 1.29 is 14.3 Å². The molecular weight excluding hydrogens is 268 g/mol. The number of rotatable bonds is 3. The van der Waals surface area contributed by atoms with Gasteiger partial charge in [0.2, 0.25) is 0 Å². The molecule has 21 heavy (non-hydrogen) atoms. The van der Waals surface area contributed by atoms with Crippen LogP contribution in [0.4, 0.5) is 0 Å². The van der Waals surface area contributed by atoms with Crippen LogP contribution in [-0.2, 0) is 9.53 Å². The summed E-state index contributed by atoms with van der Waals surface area (Å²) in [7, 11) is 1.31. The Morgan fingerprint density at radius 1 is 1.19 bits per heavy atom. The molecule has 0 saturated carbocycles. The van der Waals surface area contributed by atoms with Crippen LogP contribution in [0.5, 0.6) is 5.75 Å². The molecule has 0 fully saturated rings. The van der Waals surface area contributed by atoms with Gasteiger partial charge < -0.3 is 14.5 Å². The van der Waals surface area contributed by atoms with Crippen LogP contribution in [0, 0.1) is 11.3 Å². The molecule has 104 valence electrons. The minimum atomic E-state index is -0.452. The highest BCUT2D eigenvalue weighted by Crippen LogP contribution is 2.34. The molecule has 0 saturated heterocycles. The normalized spacial score (nSPS) is 10.5. The first-order valence-electron chi connectivity index (χ1n) is 6.37. The monoisotopic (exact) mass is 280 g/mol. The third-order valence-electron chi connectivity index (χ3n) is 3.30. The van der Waals surface area contributed by atoms with E-state index in [1.807, 2.05) is 24.3 Å². The van der Waals surface area contributed by atoms with Gasteiger partial charge in [0.1, 0.15) is 5.75 Å². The Morgan fingerprint density at radius 2 is 1.90 bits per heavy atom. The Balaban J connectivity index is 2.21. The van der Waals surface area contributed by atoms with E-state index in [9.17, 15) is 10.1 Å². The largest absolute Gasteiger partial charge is 0.481 e. The fourth-order valence-corrected chi connectivity index (χ4v) is 2.37. The number of carbonyl (C=O) groups excluding carboxylic acids is 1. The van der Waals surface area contributed by atoms with Crippen LogP contribution >= 0.6 is 0 Å². The van der Waals surface area contributed by atoms with Gasteiger partial charge >= 0.3 is 5.97 Å². The van der Waals surface area contributed by atoms with E-state index in [1.165, 1.54) is 7.11 Å². The van der Waals surface area contributed by atoms with Crippen LogP contribution in [0.3, 0.4) is 0 Å². The number of carbonyl (C=O) groups is 1. The second kappa shape index (κ2) is 5.17. The third kappa shape index (κ3) is 2.17. The van der Waals surface area contributed by atoms with Gasteiger partial charge in [0.05, 0.1) is 29.6 Å². The van der Waals surface area contributed by atoms with Crippen LogP contribution in [-0.4, -0.2) is 24.7 Å². The molecule has 1 heterocycles. The van der Waals surface area contributed by atoms with E-state index < -0.39 is 5.97 Å². The van der Waals surface area contributed by atoms with Crippen LogP contribution < -0.4 is 4.74 Å². The number of hydrogen-bond donors (Lipinski definition) is 1. The standard InChI is InChI=1S/C16H12N2O3/c1-20-14(19)9-21-13-7-3-6-12-16(13)15-10(8-17)4-2-5-11(15)18-12/h2-7,18H,9H2,1H3. The van der Waals surface area contributed by atoms with Crippen LogP contribution in [0.25, 0.3) is 21.8 Å². The molecule has 0 aliphatic heterocycles. The summed E-state index contributed by atoms with van der Waals surface area (Å²) < 4.78 is 10.1. The van der Waals surface area contributed by atoms with Gasteiger partial charge in [0, 0.05) is 10.9 Å². The van der Waals surface area contributed by atoms with E-state index >= 15 is 0 Å². The number of aromatic nitrogens is 1. The summed E-state index contributed by atoms with van der Waals surface area (Å²) in [6.07, 6.45) is 0. The summed E-state index contributed by atoms with van der Waals surface area (Å²) in [5.41, 5.74) is 2.28. The molecule has 3 aromatic rings. The van der Waals surface area contributed by atoms with E-state index in [-0.39, 0.29) is 6.61 Å².